The number of fused-ring (bicyclic) bond motifs is 2. The van der Waals surface area contributed by atoms with Crippen molar-refractivity contribution in [2.75, 3.05) is 26.2 Å². The second-order valence-electron chi connectivity index (χ2n) is 5.79. The second-order valence-corrected chi connectivity index (χ2v) is 5.79. The van der Waals surface area contributed by atoms with Crippen LogP contribution in [-0.2, 0) is 0 Å². The first-order valence-electron chi connectivity index (χ1n) is 7.44. The molecule has 2 atom stereocenters. The summed E-state index contributed by atoms with van der Waals surface area (Å²) in [6.45, 7) is 0. The van der Waals surface area contributed by atoms with Gasteiger partial charge in [0.2, 0.25) is 0 Å². The van der Waals surface area contributed by atoms with Crippen molar-refractivity contribution in [2.45, 2.75) is 43.8 Å². The summed E-state index contributed by atoms with van der Waals surface area (Å²) in [6, 6.07) is 8.27. The van der Waals surface area contributed by atoms with Gasteiger partial charge in [0, 0.05) is 29.9 Å². The predicted molar refractivity (Wildman–Crippen MR) is 80.9 cm³/mol. The molecule has 1 aromatic carbocycles. The van der Waals surface area contributed by atoms with Gasteiger partial charge in [0.1, 0.15) is 0 Å². The van der Waals surface area contributed by atoms with Crippen molar-refractivity contribution in [1.29, 1.82) is 0 Å². The standard InChI is InChI=1S/C16H24N2O2/c1-17-11-8-12-4-5-13(9-11)18(12)14-6-7-15(19-2)16(10-14)20-3/h6-7,10-13,17H,4-5,8-9H2,1-3H3. The van der Waals surface area contributed by atoms with Gasteiger partial charge in [-0.3, -0.25) is 0 Å². The molecule has 0 radical (unpaired) electrons. The van der Waals surface area contributed by atoms with Gasteiger partial charge < -0.3 is 19.7 Å². The largest absolute Gasteiger partial charge is 0.493 e. The van der Waals surface area contributed by atoms with E-state index in [1.807, 2.05) is 6.07 Å². The van der Waals surface area contributed by atoms with Crippen LogP contribution in [-0.4, -0.2) is 39.4 Å². The van der Waals surface area contributed by atoms with E-state index in [0.717, 1.165) is 11.5 Å². The molecule has 2 fully saturated rings. The van der Waals surface area contributed by atoms with E-state index in [9.17, 15) is 0 Å². The SMILES string of the molecule is CNC1CC2CCC(C1)N2c1ccc(OC)c(OC)c1. The Morgan fingerprint density at radius 3 is 2.25 bits per heavy atom. The minimum absolute atomic E-state index is 0.657. The van der Waals surface area contributed by atoms with Crippen molar-refractivity contribution < 1.29 is 9.47 Å². The van der Waals surface area contributed by atoms with E-state index in [-0.39, 0.29) is 0 Å². The number of rotatable bonds is 4. The van der Waals surface area contributed by atoms with Crippen LogP contribution in [0.3, 0.4) is 0 Å². The van der Waals surface area contributed by atoms with Crippen LogP contribution in [0.1, 0.15) is 25.7 Å². The Balaban J connectivity index is 1.87. The van der Waals surface area contributed by atoms with Crippen LogP contribution in [0.5, 0.6) is 11.5 Å². The van der Waals surface area contributed by atoms with E-state index in [4.69, 9.17) is 9.47 Å². The Bertz CT molecular complexity index is 464. The van der Waals surface area contributed by atoms with Gasteiger partial charge in [-0.15, -0.1) is 0 Å². The third-order valence-corrected chi connectivity index (χ3v) is 4.81. The maximum absolute atomic E-state index is 5.44. The lowest BCUT2D eigenvalue weighted by Gasteiger charge is -2.40. The molecule has 1 N–H and O–H groups in total. The molecule has 0 aromatic heterocycles. The molecule has 2 heterocycles. The predicted octanol–water partition coefficient (Wildman–Crippen LogP) is 2.42. The van der Waals surface area contributed by atoms with Crippen molar-refractivity contribution in [3.63, 3.8) is 0 Å². The zero-order chi connectivity index (χ0) is 14.1. The lowest BCUT2D eigenvalue weighted by molar-refractivity contribution is 0.353. The summed E-state index contributed by atoms with van der Waals surface area (Å²) in [5, 5.41) is 3.45. The number of nitrogens with one attached hydrogen (secondary N) is 1. The van der Waals surface area contributed by atoms with Gasteiger partial charge in [0.15, 0.2) is 11.5 Å². The molecular formula is C16H24N2O2. The molecule has 0 spiro atoms. The second kappa shape index (κ2) is 5.52. The third-order valence-electron chi connectivity index (χ3n) is 4.81. The molecule has 0 aliphatic carbocycles. The van der Waals surface area contributed by atoms with Gasteiger partial charge >= 0.3 is 0 Å². The summed E-state index contributed by atoms with van der Waals surface area (Å²) in [6.07, 6.45) is 5.08. The number of anilines is 1. The molecule has 20 heavy (non-hydrogen) atoms. The molecule has 0 saturated carbocycles. The minimum atomic E-state index is 0.657. The van der Waals surface area contributed by atoms with Crippen molar-refractivity contribution >= 4 is 5.69 Å². The highest BCUT2D eigenvalue weighted by Gasteiger charge is 2.40. The van der Waals surface area contributed by atoms with Gasteiger partial charge in [0.05, 0.1) is 14.2 Å². The summed E-state index contributed by atoms with van der Waals surface area (Å²) in [4.78, 5) is 2.59. The molecule has 4 heteroatoms. The lowest BCUT2D eigenvalue weighted by atomic mass is 9.96. The Labute approximate surface area is 121 Å². The highest BCUT2D eigenvalue weighted by molar-refractivity contribution is 5.58. The Kier molecular flexibility index (Phi) is 3.74. The quantitative estimate of drug-likeness (QED) is 0.916. The van der Waals surface area contributed by atoms with E-state index in [1.54, 1.807) is 14.2 Å². The molecule has 4 nitrogen and oxygen atoms in total. The van der Waals surface area contributed by atoms with Crippen molar-refractivity contribution in [1.82, 2.24) is 5.32 Å². The van der Waals surface area contributed by atoms with E-state index >= 15 is 0 Å². The average molecular weight is 276 g/mol. The van der Waals surface area contributed by atoms with E-state index in [0.29, 0.717) is 18.1 Å². The number of hydrogen-bond acceptors (Lipinski definition) is 4. The summed E-state index contributed by atoms with van der Waals surface area (Å²) >= 11 is 0. The van der Waals surface area contributed by atoms with Crippen LogP contribution in [0.4, 0.5) is 5.69 Å². The van der Waals surface area contributed by atoms with Crippen LogP contribution < -0.4 is 19.7 Å². The fourth-order valence-electron chi connectivity index (χ4n) is 3.82. The number of piperidine rings is 1. The van der Waals surface area contributed by atoms with Crippen LogP contribution in [0, 0.1) is 0 Å². The molecule has 2 saturated heterocycles. The van der Waals surface area contributed by atoms with Crippen molar-refractivity contribution in [2.24, 2.45) is 0 Å². The zero-order valence-electron chi connectivity index (χ0n) is 12.6. The van der Waals surface area contributed by atoms with E-state index in [1.165, 1.54) is 31.4 Å². The molecule has 110 valence electrons. The normalized spacial score (nSPS) is 28.6. The number of benzene rings is 1. The molecular weight excluding hydrogens is 252 g/mol. The molecule has 3 rings (SSSR count). The average Bonchev–Trinajstić information content (AvgIpc) is 2.76. The van der Waals surface area contributed by atoms with Crippen molar-refractivity contribution in [3.05, 3.63) is 18.2 Å². The first kappa shape index (κ1) is 13.6. The van der Waals surface area contributed by atoms with E-state index in [2.05, 4.69) is 29.4 Å². The fourth-order valence-corrected chi connectivity index (χ4v) is 3.82. The first-order chi connectivity index (χ1) is 9.76. The number of nitrogens with zero attached hydrogens (tertiary/aromatic N) is 1. The number of ether oxygens (including phenoxy) is 2. The van der Waals surface area contributed by atoms with Crippen LogP contribution >= 0.6 is 0 Å². The zero-order valence-corrected chi connectivity index (χ0v) is 12.6. The first-order valence-corrected chi connectivity index (χ1v) is 7.44. The monoisotopic (exact) mass is 276 g/mol. The molecule has 2 aliphatic heterocycles. The van der Waals surface area contributed by atoms with E-state index < -0.39 is 0 Å². The molecule has 2 bridgehead atoms. The summed E-state index contributed by atoms with van der Waals surface area (Å²) < 4.78 is 10.8. The van der Waals surface area contributed by atoms with Gasteiger partial charge in [0.25, 0.3) is 0 Å². The smallest absolute Gasteiger partial charge is 0.162 e. The Morgan fingerprint density at radius 1 is 1.05 bits per heavy atom. The van der Waals surface area contributed by atoms with Crippen molar-refractivity contribution in [3.8, 4) is 11.5 Å². The molecule has 1 aromatic rings. The molecule has 2 unspecified atom stereocenters. The summed E-state index contributed by atoms with van der Waals surface area (Å²) in [5.41, 5.74) is 1.27. The maximum Gasteiger partial charge on any atom is 0.162 e. The number of hydrogen-bond donors (Lipinski definition) is 1. The van der Waals surface area contributed by atoms with Gasteiger partial charge in [-0.05, 0) is 44.9 Å². The summed E-state index contributed by atoms with van der Waals surface area (Å²) in [5.74, 6) is 1.62. The third kappa shape index (κ3) is 2.22. The molecule has 2 aliphatic rings. The van der Waals surface area contributed by atoms with Gasteiger partial charge in [-0.2, -0.15) is 0 Å². The fraction of sp³-hybridized carbons (Fsp3) is 0.625. The van der Waals surface area contributed by atoms with Crippen LogP contribution in [0.2, 0.25) is 0 Å². The Morgan fingerprint density at radius 2 is 1.70 bits per heavy atom. The Hall–Kier alpha value is -1.42. The topological polar surface area (TPSA) is 33.7 Å². The summed E-state index contributed by atoms with van der Waals surface area (Å²) in [7, 11) is 5.46. The maximum atomic E-state index is 5.44. The number of methoxy groups -OCH3 is 2. The van der Waals surface area contributed by atoms with Gasteiger partial charge in [-0.1, -0.05) is 0 Å². The van der Waals surface area contributed by atoms with Crippen LogP contribution in [0.15, 0.2) is 18.2 Å². The highest BCUT2D eigenvalue weighted by atomic mass is 16.5. The van der Waals surface area contributed by atoms with Crippen LogP contribution in [0.25, 0.3) is 0 Å². The van der Waals surface area contributed by atoms with Gasteiger partial charge in [-0.25, -0.2) is 0 Å². The molecule has 0 amide bonds. The lowest BCUT2D eigenvalue weighted by Crippen LogP contribution is -2.48. The highest BCUT2D eigenvalue weighted by Crippen LogP contribution is 2.41. The minimum Gasteiger partial charge on any atom is -0.493 e.